The van der Waals surface area contributed by atoms with Crippen LogP contribution in [0.5, 0.6) is 0 Å². The van der Waals surface area contributed by atoms with E-state index in [-0.39, 0.29) is 17.3 Å². The van der Waals surface area contributed by atoms with E-state index in [1.807, 2.05) is 0 Å². The third kappa shape index (κ3) is 2.32. The van der Waals surface area contributed by atoms with Crippen LogP contribution in [-0.2, 0) is 12.7 Å². The molecule has 7 heteroatoms. The van der Waals surface area contributed by atoms with Crippen LogP contribution >= 0.6 is 11.6 Å². The second-order valence-corrected chi connectivity index (χ2v) is 3.71. The van der Waals surface area contributed by atoms with E-state index < -0.39 is 11.7 Å². The molecule has 1 aromatic carbocycles. The minimum Gasteiger partial charge on any atom is -0.325 e. The quantitative estimate of drug-likeness (QED) is 0.803. The van der Waals surface area contributed by atoms with Crippen LogP contribution in [0.1, 0.15) is 11.3 Å². The number of hydrogen-bond donors (Lipinski definition) is 1. The number of fused-ring (bicyclic) bond motifs is 1. The normalized spacial score (nSPS) is 12.1. The predicted octanol–water partition coefficient (Wildman–Crippen LogP) is 2.76. The Hall–Kier alpha value is -1.40. The largest absolute Gasteiger partial charge is 0.416 e. The molecule has 0 bridgehead atoms. The van der Waals surface area contributed by atoms with Gasteiger partial charge >= 0.3 is 6.18 Å². The lowest BCUT2D eigenvalue weighted by Gasteiger charge is -2.09. The Kier molecular flexibility index (Phi) is 2.92. The van der Waals surface area contributed by atoms with Gasteiger partial charge in [0.25, 0.3) is 0 Å². The SMILES string of the molecule is NCc1nc(Cl)nc2cc(C(F)(F)F)ccc12. The molecule has 0 aliphatic rings. The van der Waals surface area contributed by atoms with E-state index in [1.165, 1.54) is 6.07 Å². The molecule has 0 radical (unpaired) electrons. The molecule has 0 spiro atoms. The second-order valence-electron chi connectivity index (χ2n) is 3.37. The van der Waals surface area contributed by atoms with Crippen molar-refractivity contribution in [2.24, 2.45) is 5.73 Å². The van der Waals surface area contributed by atoms with Gasteiger partial charge in [0.05, 0.1) is 16.8 Å². The van der Waals surface area contributed by atoms with Crippen LogP contribution < -0.4 is 5.73 Å². The predicted molar refractivity (Wildman–Crippen MR) is 57.4 cm³/mol. The first-order valence-corrected chi connectivity index (χ1v) is 5.03. The van der Waals surface area contributed by atoms with Crippen molar-refractivity contribution < 1.29 is 13.2 Å². The van der Waals surface area contributed by atoms with E-state index in [0.29, 0.717) is 11.1 Å². The number of aromatic nitrogens is 2. The highest BCUT2D eigenvalue weighted by Gasteiger charge is 2.30. The highest BCUT2D eigenvalue weighted by molar-refractivity contribution is 6.28. The van der Waals surface area contributed by atoms with Crippen molar-refractivity contribution in [3.05, 3.63) is 34.7 Å². The number of halogens is 4. The van der Waals surface area contributed by atoms with Gasteiger partial charge in [-0.25, -0.2) is 9.97 Å². The van der Waals surface area contributed by atoms with Crippen LogP contribution in [0.25, 0.3) is 10.9 Å². The molecule has 0 aliphatic carbocycles. The summed E-state index contributed by atoms with van der Waals surface area (Å²) in [6, 6.07) is 3.21. The number of benzene rings is 1. The Morgan fingerprint density at radius 1 is 1.24 bits per heavy atom. The van der Waals surface area contributed by atoms with Gasteiger partial charge in [0, 0.05) is 11.9 Å². The van der Waals surface area contributed by atoms with Crippen molar-refractivity contribution in [3.8, 4) is 0 Å². The maximum absolute atomic E-state index is 12.5. The Balaban J connectivity index is 2.70. The van der Waals surface area contributed by atoms with Crippen LogP contribution in [0.4, 0.5) is 13.2 Å². The molecule has 90 valence electrons. The number of rotatable bonds is 1. The van der Waals surface area contributed by atoms with E-state index in [2.05, 4.69) is 9.97 Å². The first kappa shape index (κ1) is 12.1. The molecule has 1 aromatic heterocycles. The molecule has 0 aliphatic heterocycles. The van der Waals surface area contributed by atoms with Gasteiger partial charge < -0.3 is 5.73 Å². The van der Waals surface area contributed by atoms with E-state index in [4.69, 9.17) is 17.3 Å². The summed E-state index contributed by atoms with van der Waals surface area (Å²) in [4.78, 5) is 7.62. The van der Waals surface area contributed by atoms with Crippen LogP contribution in [0.2, 0.25) is 5.28 Å². The van der Waals surface area contributed by atoms with Gasteiger partial charge in [0.2, 0.25) is 5.28 Å². The summed E-state index contributed by atoms with van der Waals surface area (Å²) in [5, 5.41) is 0.363. The molecule has 1 heterocycles. The van der Waals surface area contributed by atoms with Gasteiger partial charge in [0.15, 0.2) is 0 Å². The summed E-state index contributed by atoms with van der Waals surface area (Å²) in [7, 11) is 0. The van der Waals surface area contributed by atoms with Gasteiger partial charge in [-0.2, -0.15) is 13.2 Å². The number of alkyl halides is 3. The number of hydrogen-bond acceptors (Lipinski definition) is 3. The van der Waals surface area contributed by atoms with Crippen molar-refractivity contribution in [2.45, 2.75) is 12.7 Å². The van der Waals surface area contributed by atoms with Crippen LogP contribution in [0.15, 0.2) is 18.2 Å². The smallest absolute Gasteiger partial charge is 0.325 e. The Bertz CT molecular complexity index is 568. The Labute approximate surface area is 99.4 Å². The molecule has 2 aromatic rings. The zero-order valence-corrected chi connectivity index (χ0v) is 9.18. The number of nitrogens with zero attached hydrogens (tertiary/aromatic N) is 2. The molecule has 0 fully saturated rings. The Morgan fingerprint density at radius 3 is 2.53 bits per heavy atom. The second kappa shape index (κ2) is 4.12. The molecule has 0 unspecified atom stereocenters. The van der Waals surface area contributed by atoms with Crippen LogP contribution in [-0.4, -0.2) is 9.97 Å². The van der Waals surface area contributed by atoms with Crippen molar-refractivity contribution >= 4 is 22.5 Å². The molecular weight excluding hydrogens is 255 g/mol. The zero-order valence-electron chi connectivity index (χ0n) is 8.42. The first-order valence-electron chi connectivity index (χ1n) is 4.65. The molecule has 2 rings (SSSR count). The molecule has 17 heavy (non-hydrogen) atoms. The lowest BCUT2D eigenvalue weighted by Crippen LogP contribution is -2.06. The highest BCUT2D eigenvalue weighted by Crippen LogP contribution is 2.31. The summed E-state index contributed by atoms with van der Waals surface area (Å²) in [5.41, 5.74) is 5.23. The fourth-order valence-electron chi connectivity index (χ4n) is 1.50. The van der Waals surface area contributed by atoms with Gasteiger partial charge in [-0.05, 0) is 23.7 Å². The van der Waals surface area contributed by atoms with Crippen molar-refractivity contribution in [1.29, 1.82) is 0 Å². The van der Waals surface area contributed by atoms with Crippen molar-refractivity contribution in [2.75, 3.05) is 0 Å². The molecule has 3 nitrogen and oxygen atoms in total. The first-order chi connectivity index (χ1) is 7.91. The standard InChI is InChI=1S/C10H7ClF3N3/c11-9-16-7-3-5(10(12,13)14)1-2-6(7)8(4-15)17-9/h1-3H,4,15H2. The van der Waals surface area contributed by atoms with Gasteiger partial charge in [0.1, 0.15) is 0 Å². The number of nitrogens with two attached hydrogens (primary N) is 1. The zero-order chi connectivity index (χ0) is 12.6. The average molecular weight is 262 g/mol. The van der Waals surface area contributed by atoms with Crippen LogP contribution in [0, 0.1) is 0 Å². The van der Waals surface area contributed by atoms with E-state index >= 15 is 0 Å². The van der Waals surface area contributed by atoms with Gasteiger partial charge in [-0.3, -0.25) is 0 Å². The summed E-state index contributed by atoms with van der Waals surface area (Å²) < 4.78 is 37.5. The highest BCUT2D eigenvalue weighted by atomic mass is 35.5. The third-order valence-corrected chi connectivity index (χ3v) is 2.44. The van der Waals surface area contributed by atoms with E-state index in [9.17, 15) is 13.2 Å². The summed E-state index contributed by atoms with van der Waals surface area (Å²) in [5.74, 6) is 0. The summed E-state index contributed by atoms with van der Waals surface area (Å²) in [6.45, 7) is 0.0874. The molecule has 0 atom stereocenters. The fourth-order valence-corrected chi connectivity index (χ4v) is 1.69. The fraction of sp³-hybridized carbons (Fsp3) is 0.200. The van der Waals surface area contributed by atoms with E-state index in [1.54, 1.807) is 0 Å². The monoisotopic (exact) mass is 261 g/mol. The molecule has 0 saturated carbocycles. The maximum atomic E-state index is 12.5. The minimum atomic E-state index is -4.41. The van der Waals surface area contributed by atoms with Gasteiger partial charge in [-0.1, -0.05) is 6.07 Å². The topological polar surface area (TPSA) is 51.8 Å². The van der Waals surface area contributed by atoms with Gasteiger partial charge in [-0.15, -0.1) is 0 Å². The minimum absolute atomic E-state index is 0.0874. The third-order valence-electron chi connectivity index (χ3n) is 2.27. The average Bonchev–Trinajstić information content (AvgIpc) is 2.25. The summed E-state index contributed by atoms with van der Waals surface area (Å²) in [6.07, 6.45) is -4.41. The molecular formula is C10H7ClF3N3. The van der Waals surface area contributed by atoms with Crippen molar-refractivity contribution in [3.63, 3.8) is 0 Å². The maximum Gasteiger partial charge on any atom is 0.416 e. The molecule has 0 amide bonds. The van der Waals surface area contributed by atoms with Crippen molar-refractivity contribution in [1.82, 2.24) is 9.97 Å². The molecule has 2 N–H and O–H groups in total. The lowest BCUT2D eigenvalue weighted by atomic mass is 10.1. The lowest BCUT2D eigenvalue weighted by molar-refractivity contribution is -0.137. The molecule has 0 saturated heterocycles. The summed E-state index contributed by atoms with van der Waals surface area (Å²) >= 11 is 5.61. The van der Waals surface area contributed by atoms with Crippen LogP contribution in [0.3, 0.4) is 0 Å². The Morgan fingerprint density at radius 2 is 1.94 bits per heavy atom. The van der Waals surface area contributed by atoms with E-state index in [0.717, 1.165) is 12.1 Å².